The Morgan fingerprint density at radius 3 is 2.44 bits per heavy atom. The Morgan fingerprint density at radius 2 is 1.75 bits per heavy atom. The van der Waals surface area contributed by atoms with E-state index in [1.54, 1.807) is 19.2 Å². The van der Waals surface area contributed by atoms with Crippen molar-refractivity contribution in [3.8, 4) is 5.75 Å². The number of carbonyl (C=O) groups excluding carboxylic acids is 1. The van der Waals surface area contributed by atoms with E-state index in [4.69, 9.17) is 4.74 Å². The second-order valence-electron chi connectivity index (χ2n) is 7.79. The lowest BCUT2D eigenvalue weighted by molar-refractivity contribution is -0.116. The zero-order chi connectivity index (χ0) is 22.9. The summed E-state index contributed by atoms with van der Waals surface area (Å²) < 4.78 is 35.7. The lowest BCUT2D eigenvalue weighted by Crippen LogP contribution is -2.35. The van der Waals surface area contributed by atoms with Crippen molar-refractivity contribution < 1.29 is 17.9 Å². The Kier molecular flexibility index (Phi) is 6.07. The lowest BCUT2D eigenvalue weighted by Gasteiger charge is -2.26. The third-order valence-corrected chi connectivity index (χ3v) is 7.65. The summed E-state index contributed by atoms with van der Waals surface area (Å²) in [5.74, 6) is -0.129. The van der Waals surface area contributed by atoms with E-state index in [2.05, 4.69) is 5.32 Å². The van der Waals surface area contributed by atoms with Gasteiger partial charge in [-0.2, -0.15) is 4.31 Å². The van der Waals surface area contributed by atoms with Gasteiger partial charge in [0.1, 0.15) is 12.3 Å². The summed E-state index contributed by atoms with van der Waals surface area (Å²) in [4.78, 5) is 25.5. The molecule has 170 valence electrons. The molecule has 1 aliphatic heterocycles. The zero-order valence-electron chi connectivity index (χ0n) is 18.1. The van der Waals surface area contributed by atoms with Gasteiger partial charge in [0.2, 0.25) is 15.9 Å². The molecule has 1 N–H and O–H groups in total. The highest BCUT2D eigenvalue weighted by Gasteiger charge is 2.27. The van der Waals surface area contributed by atoms with E-state index in [-0.39, 0.29) is 22.8 Å². The first-order valence-corrected chi connectivity index (χ1v) is 11.9. The lowest BCUT2D eigenvalue weighted by atomic mass is 10.2. The van der Waals surface area contributed by atoms with Gasteiger partial charge in [-0.1, -0.05) is 18.6 Å². The van der Waals surface area contributed by atoms with E-state index < -0.39 is 15.9 Å². The number of fused-ring (bicyclic) bond motifs is 1. The largest absolute Gasteiger partial charge is 0.495 e. The first-order valence-electron chi connectivity index (χ1n) is 10.4. The number of benzene rings is 2. The number of aryl methyl sites for hydroxylation is 1. The first kappa shape index (κ1) is 22.1. The maximum Gasteiger partial charge on any atom is 0.329 e. The molecule has 0 saturated carbocycles. The molecule has 0 bridgehead atoms. The monoisotopic (exact) mass is 458 g/mol. The van der Waals surface area contributed by atoms with Gasteiger partial charge in [-0.25, -0.2) is 13.2 Å². The quantitative estimate of drug-likeness (QED) is 0.610. The number of hydrogen-bond donors (Lipinski definition) is 1. The van der Waals surface area contributed by atoms with Crippen LogP contribution in [0.15, 0.2) is 52.2 Å². The summed E-state index contributed by atoms with van der Waals surface area (Å²) in [7, 11) is -0.575. The molecular formula is C22H26N4O5S. The molecule has 0 aliphatic carbocycles. The predicted molar refractivity (Wildman–Crippen MR) is 121 cm³/mol. The third-order valence-electron chi connectivity index (χ3n) is 5.75. The van der Waals surface area contributed by atoms with E-state index in [9.17, 15) is 18.0 Å². The molecular weight excluding hydrogens is 432 g/mol. The van der Waals surface area contributed by atoms with Gasteiger partial charge < -0.3 is 10.1 Å². The van der Waals surface area contributed by atoms with Crippen molar-refractivity contribution in [3.05, 3.63) is 52.9 Å². The van der Waals surface area contributed by atoms with Crippen LogP contribution in [0.1, 0.15) is 19.3 Å². The van der Waals surface area contributed by atoms with Crippen molar-refractivity contribution in [1.82, 2.24) is 13.4 Å². The second kappa shape index (κ2) is 8.79. The fourth-order valence-electron chi connectivity index (χ4n) is 4.05. The number of anilines is 1. The van der Waals surface area contributed by atoms with Crippen molar-refractivity contribution in [2.75, 3.05) is 25.5 Å². The number of nitrogens with one attached hydrogen (secondary N) is 1. The molecule has 1 aliphatic rings. The van der Waals surface area contributed by atoms with Crippen molar-refractivity contribution in [2.45, 2.75) is 30.7 Å². The number of piperidine rings is 1. The summed E-state index contributed by atoms with van der Waals surface area (Å²) >= 11 is 0. The highest BCUT2D eigenvalue weighted by molar-refractivity contribution is 7.89. The number of para-hydroxylation sites is 2. The van der Waals surface area contributed by atoms with Crippen LogP contribution in [0.3, 0.4) is 0 Å². The highest BCUT2D eigenvalue weighted by atomic mass is 32.2. The van der Waals surface area contributed by atoms with E-state index in [0.717, 1.165) is 24.8 Å². The minimum Gasteiger partial charge on any atom is -0.495 e. The minimum absolute atomic E-state index is 0.0952. The number of rotatable bonds is 6. The van der Waals surface area contributed by atoms with E-state index in [1.165, 1.54) is 38.7 Å². The van der Waals surface area contributed by atoms with Crippen LogP contribution in [0.2, 0.25) is 0 Å². The number of amides is 1. The molecule has 3 aromatic rings. The summed E-state index contributed by atoms with van der Waals surface area (Å²) in [6.07, 6.45) is 2.68. The van der Waals surface area contributed by atoms with Gasteiger partial charge in [0.05, 0.1) is 28.7 Å². The fourth-order valence-corrected chi connectivity index (χ4v) is 5.59. The number of hydrogen-bond acceptors (Lipinski definition) is 5. The number of methoxy groups -OCH3 is 1. The Labute approximate surface area is 186 Å². The summed E-state index contributed by atoms with van der Waals surface area (Å²) in [6.45, 7) is 0.756. The molecule has 1 amide bonds. The van der Waals surface area contributed by atoms with Crippen LogP contribution < -0.4 is 15.7 Å². The van der Waals surface area contributed by atoms with Crippen molar-refractivity contribution in [3.63, 3.8) is 0 Å². The van der Waals surface area contributed by atoms with Gasteiger partial charge >= 0.3 is 5.69 Å². The van der Waals surface area contributed by atoms with Crippen LogP contribution in [-0.4, -0.2) is 48.0 Å². The number of imidazole rings is 1. The molecule has 0 atom stereocenters. The van der Waals surface area contributed by atoms with Gasteiger partial charge in [0.15, 0.2) is 0 Å². The molecule has 0 radical (unpaired) electrons. The van der Waals surface area contributed by atoms with Gasteiger partial charge in [-0.15, -0.1) is 0 Å². The maximum absolute atomic E-state index is 13.0. The Bertz CT molecular complexity index is 1320. The summed E-state index contributed by atoms with van der Waals surface area (Å²) in [5.41, 5.74) is 1.29. The molecule has 2 heterocycles. The van der Waals surface area contributed by atoms with E-state index in [1.807, 2.05) is 12.1 Å². The van der Waals surface area contributed by atoms with Gasteiger partial charge in [0.25, 0.3) is 0 Å². The predicted octanol–water partition coefficient (Wildman–Crippen LogP) is 2.16. The molecule has 1 fully saturated rings. The number of ether oxygens (including phenoxy) is 1. The molecule has 2 aromatic carbocycles. The average Bonchev–Trinajstić information content (AvgIpc) is 3.04. The van der Waals surface area contributed by atoms with Crippen LogP contribution >= 0.6 is 0 Å². The van der Waals surface area contributed by atoms with E-state index in [0.29, 0.717) is 24.4 Å². The number of carbonyl (C=O) groups is 1. The molecule has 1 saturated heterocycles. The summed E-state index contributed by atoms with van der Waals surface area (Å²) in [5, 5.41) is 2.71. The van der Waals surface area contributed by atoms with Crippen LogP contribution in [0.25, 0.3) is 11.0 Å². The van der Waals surface area contributed by atoms with Crippen LogP contribution in [0, 0.1) is 0 Å². The molecule has 0 unspecified atom stereocenters. The van der Waals surface area contributed by atoms with Gasteiger partial charge in [-0.3, -0.25) is 13.9 Å². The number of nitrogens with zero attached hydrogens (tertiary/aromatic N) is 3. The molecule has 10 heteroatoms. The van der Waals surface area contributed by atoms with Crippen LogP contribution in [-0.2, 0) is 28.4 Å². The fraction of sp³-hybridized carbons (Fsp3) is 0.364. The van der Waals surface area contributed by atoms with Crippen LogP contribution in [0.4, 0.5) is 5.69 Å². The average molecular weight is 459 g/mol. The molecule has 9 nitrogen and oxygen atoms in total. The molecule has 32 heavy (non-hydrogen) atoms. The van der Waals surface area contributed by atoms with Gasteiger partial charge in [0, 0.05) is 20.1 Å². The molecule has 1 aromatic heterocycles. The van der Waals surface area contributed by atoms with Crippen molar-refractivity contribution in [1.29, 1.82) is 0 Å². The summed E-state index contributed by atoms with van der Waals surface area (Å²) in [6, 6.07) is 11.6. The highest BCUT2D eigenvalue weighted by Crippen LogP contribution is 2.30. The third kappa shape index (κ3) is 4.03. The number of sulfonamides is 1. The van der Waals surface area contributed by atoms with Crippen molar-refractivity contribution >= 4 is 32.7 Å². The molecule has 4 rings (SSSR count). The standard InChI is InChI=1S/C22H26N4O5S/c1-24-18-8-4-5-9-19(18)26(22(24)28)15-21(27)23-17-14-16(10-11-20(17)31-2)32(29,30)25-12-6-3-7-13-25/h4-5,8-11,14H,3,6-7,12-13,15H2,1-2H3,(H,23,27). The molecule has 0 spiro atoms. The smallest absolute Gasteiger partial charge is 0.329 e. The minimum atomic E-state index is -3.67. The Hall–Kier alpha value is -3.11. The zero-order valence-corrected chi connectivity index (χ0v) is 18.9. The Morgan fingerprint density at radius 1 is 1.06 bits per heavy atom. The Balaban J connectivity index is 1.61. The maximum atomic E-state index is 13.0. The van der Waals surface area contributed by atoms with Gasteiger partial charge in [-0.05, 0) is 43.2 Å². The van der Waals surface area contributed by atoms with E-state index >= 15 is 0 Å². The first-order chi connectivity index (χ1) is 15.3. The number of aromatic nitrogens is 2. The second-order valence-corrected chi connectivity index (χ2v) is 9.73. The van der Waals surface area contributed by atoms with Crippen molar-refractivity contribution in [2.24, 2.45) is 7.05 Å². The normalized spacial score (nSPS) is 15.1. The SMILES string of the molecule is COc1ccc(S(=O)(=O)N2CCCCC2)cc1NC(=O)Cn1c(=O)n(C)c2ccccc21. The van der Waals surface area contributed by atoms with Crippen LogP contribution in [0.5, 0.6) is 5.75 Å². The topological polar surface area (TPSA) is 103 Å².